The van der Waals surface area contributed by atoms with Gasteiger partial charge in [0.1, 0.15) is 5.01 Å². The lowest BCUT2D eigenvalue weighted by atomic mass is 9.92. The van der Waals surface area contributed by atoms with Crippen molar-refractivity contribution in [3.05, 3.63) is 16.1 Å². The highest BCUT2D eigenvalue weighted by atomic mass is 32.2. The Hall–Kier alpha value is -0.0600. The van der Waals surface area contributed by atoms with Crippen molar-refractivity contribution in [2.45, 2.75) is 63.5 Å². The third kappa shape index (κ3) is 3.01. The first kappa shape index (κ1) is 13.9. The largest absolute Gasteiger partial charge is 0.302 e. The fraction of sp³-hybridized carbons (Fsp3) is 0.800. The van der Waals surface area contributed by atoms with Gasteiger partial charge in [0.15, 0.2) is 0 Å². The molecule has 2 aliphatic rings. The van der Waals surface area contributed by atoms with Gasteiger partial charge in [-0.2, -0.15) is 11.8 Å². The van der Waals surface area contributed by atoms with E-state index in [0.29, 0.717) is 0 Å². The summed E-state index contributed by atoms with van der Waals surface area (Å²) in [6.45, 7) is 6.76. The maximum Gasteiger partial charge on any atom is 0.114 e. The predicted octanol–water partition coefficient (Wildman–Crippen LogP) is 3.91. The summed E-state index contributed by atoms with van der Waals surface area (Å²) in [5, 5.41) is 7.51. The Morgan fingerprint density at radius 3 is 2.68 bits per heavy atom. The first-order valence-electron chi connectivity index (χ1n) is 7.32. The lowest BCUT2D eigenvalue weighted by Gasteiger charge is -2.36. The average Bonchev–Trinajstić information content (AvgIpc) is 3.01. The molecule has 3 rings (SSSR count). The van der Waals surface area contributed by atoms with Crippen molar-refractivity contribution in [2.75, 3.05) is 11.5 Å². The maximum absolute atomic E-state index is 5.00. The topological polar surface area (TPSA) is 24.9 Å². The second kappa shape index (κ2) is 5.05. The van der Waals surface area contributed by atoms with Gasteiger partial charge in [-0.3, -0.25) is 0 Å². The van der Waals surface area contributed by atoms with Crippen LogP contribution in [0.15, 0.2) is 5.38 Å². The van der Waals surface area contributed by atoms with Crippen LogP contribution in [0.4, 0.5) is 0 Å². The highest BCUT2D eigenvalue weighted by Crippen LogP contribution is 2.40. The van der Waals surface area contributed by atoms with Gasteiger partial charge in [-0.05, 0) is 31.4 Å². The van der Waals surface area contributed by atoms with Gasteiger partial charge in [-0.25, -0.2) is 4.98 Å². The summed E-state index contributed by atoms with van der Waals surface area (Å²) in [7, 11) is 0. The van der Waals surface area contributed by atoms with Crippen LogP contribution in [-0.2, 0) is 11.0 Å². The highest BCUT2D eigenvalue weighted by Gasteiger charge is 2.41. The van der Waals surface area contributed by atoms with E-state index in [1.165, 1.54) is 47.9 Å². The summed E-state index contributed by atoms with van der Waals surface area (Å²) in [6.07, 6.45) is 5.27. The molecule has 1 saturated heterocycles. The van der Waals surface area contributed by atoms with E-state index in [2.05, 4.69) is 43.2 Å². The number of nitrogens with one attached hydrogen (secondary N) is 1. The minimum absolute atomic E-state index is 0.164. The molecule has 1 atom stereocenters. The molecule has 2 heterocycles. The van der Waals surface area contributed by atoms with Crippen LogP contribution in [0, 0.1) is 0 Å². The molecular formula is C15H24N2S2. The first-order chi connectivity index (χ1) is 9.00. The summed E-state index contributed by atoms with van der Waals surface area (Å²) in [5.74, 6) is 2.51. The molecule has 0 amide bonds. The first-order valence-corrected chi connectivity index (χ1v) is 9.35. The standard InChI is InChI=1S/C15H24N2S2/c1-14(2,3)12-9-19-13(16-12)15(17-11-5-6-11)7-4-8-18-10-15/h9,11,17H,4-8,10H2,1-3H3. The predicted molar refractivity (Wildman–Crippen MR) is 85.2 cm³/mol. The van der Waals surface area contributed by atoms with Crippen LogP contribution in [-0.4, -0.2) is 22.5 Å². The molecule has 0 radical (unpaired) electrons. The zero-order chi connectivity index (χ0) is 13.5. The van der Waals surface area contributed by atoms with Crippen LogP contribution in [0.2, 0.25) is 0 Å². The monoisotopic (exact) mass is 296 g/mol. The molecule has 1 N–H and O–H groups in total. The van der Waals surface area contributed by atoms with Crippen LogP contribution in [0.25, 0.3) is 0 Å². The Morgan fingerprint density at radius 1 is 1.37 bits per heavy atom. The molecule has 0 aromatic carbocycles. The molecule has 1 unspecified atom stereocenters. The lowest BCUT2D eigenvalue weighted by Crippen LogP contribution is -2.47. The molecule has 0 spiro atoms. The summed E-state index contributed by atoms with van der Waals surface area (Å²) >= 11 is 3.95. The molecular weight excluding hydrogens is 272 g/mol. The van der Waals surface area contributed by atoms with Gasteiger partial charge in [0.05, 0.1) is 11.2 Å². The summed E-state index contributed by atoms with van der Waals surface area (Å²) in [6, 6.07) is 0.751. The van der Waals surface area contributed by atoms with E-state index in [9.17, 15) is 0 Å². The van der Waals surface area contributed by atoms with Crippen LogP contribution in [0.3, 0.4) is 0 Å². The molecule has 1 saturated carbocycles. The van der Waals surface area contributed by atoms with E-state index in [1.54, 1.807) is 0 Å². The molecule has 2 nitrogen and oxygen atoms in total. The van der Waals surface area contributed by atoms with Crippen LogP contribution in [0.5, 0.6) is 0 Å². The number of thiazole rings is 1. The van der Waals surface area contributed by atoms with Crippen LogP contribution in [0.1, 0.15) is 57.2 Å². The van der Waals surface area contributed by atoms with E-state index < -0.39 is 0 Å². The zero-order valence-corrected chi connectivity index (χ0v) is 13.8. The molecule has 106 valence electrons. The van der Waals surface area contributed by atoms with Gasteiger partial charge >= 0.3 is 0 Å². The second-order valence-corrected chi connectivity index (χ2v) is 8.91. The summed E-state index contributed by atoms with van der Waals surface area (Å²) in [4.78, 5) is 5.00. The van der Waals surface area contributed by atoms with E-state index in [1.807, 2.05) is 11.3 Å². The minimum atomic E-state index is 0.164. The molecule has 1 aliphatic carbocycles. The Bertz CT molecular complexity index is 437. The molecule has 0 bridgehead atoms. The summed E-state index contributed by atoms with van der Waals surface area (Å²) in [5.41, 5.74) is 1.58. The quantitative estimate of drug-likeness (QED) is 0.915. The Balaban J connectivity index is 1.87. The smallest absolute Gasteiger partial charge is 0.114 e. The average molecular weight is 297 g/mol. The van der Waals surface area contributed by atoms with Crippen molar-refractivity contribution in [1.82, 2.24) is 10.3 Å². The Morgan fingerprint density at radius 2 is 2.16 bits per heavy atom. The molecule has 4 heteroatoms. The van der Waals surface area contributed by atoms with E-state index in [0.717, 1.165) is 6.04 Å². The van der Waals surface area contributed by atoms with Crippen molar-refractivity contribution in [1.29, 1.82) is 0 Å². The number of hydrogen-bond donors (Lipinski definition) is 1. The third-order valence-electron chi connectivity index (χ3n) is 3.98. The molecule has 1 aliphatic heterocycles. The van der Waals surface area contributed by atoms with Gasteiger partial charge < -0.3 is 5.32 Å². The van der Waals surface area contributed by atoms with Gasteiger partial charge in [0.25, 0.3) is 0 Å². The number of rotatable bonds is 3. The van der Waals surface area contributed by atoms with E-state index in [-0.39, 0.29) is 11.0 Å². The highest BCUT2D eigenvalue weighted by molar-refractivity contribution is 7.99. The van der Waals surface area contributed by atoms with Gasteiger partial charge in [-0.15, -0.1) is 11.3 Å². The summed E-state index contributed by atoms with van der Waals surface area (Å²) < 4.78 is 0. The fourth-order valence-corrected chi connectivity index (χ4v) is 5.13. The van der Waals surface area contributed by atoms with Crippen LogP contribution >= 0.6 is 23.1 Å². The minimum Gasteiger partial charge on any atom is -0.302 e. The lowest BCUT2D eigenvalue weighted by molar-refractivity contribution is 0.331. The van der Waals surface area contributed by atoms with Gasteiger partial charge in [-0.1, -0.05) is 20.8 Å². The van der Waals surface area contributed by atoms with Crippen molar-refractivity contribution in [3.8, 4) is 0 Å². The number of aromatic nitrogens is 1. The third-order valence-corrected chi connectivity index (χ3v) is 6.30. The van der Waals surface area contributed by atoms with Crippen molar-refractivity contribution >= 4 is 23.1 Å². The molecule has 1 aromatic heterocycles. The van der Waals surface area contributed by atoms with Crippen LogP contribution < -0.4 is 5.32 Å². The molecule has 19 heavy (non-hydrogen) atoms. The van der Waals surface area contributed by atoms with Gasteiger partial charge in [0.2, 0.25) is 0 Å². The van der Waals surface area contributed by atoms with E-state index >= 15 is 0 Å². The number of hydrogen-bond acceptors (Lipinski definition) is 4. The van der Waals surface area contributed by atoms with Gasteiger partial charge in [0, 0.05) is 22.6 Å². The second-order valence-electron chi connectivity index (χ2n) is 6.94. The number of thioether (sulfide) groups is 1. The zero-order valence-electron chi connectivity index (χ0n) is 12.2. The normalized spacial score (nSPS) is 28.6. The molecule has 1 aromatic rings. The number of nitrogens with zero attached hydrogens (tertiary/aromatic N) is 1. The Kier molecular flexibility index (Phi) is 3.69. The Labute approximate surface area is 124 Å². The van der Waals surface area contributed by atoms with Crippen molar-refractivity contribution in [2.24, 2.45) is 0 Å². The maximum atomic E-state index is 5.00. The van der Waals surface area contributed by atoms with E-state index in [4.69, 9.17) is 4.98 Å². The van der Waals surface area contributed by atoms with Crippen molar-refractivity contribution < 1.29 is 0 Å². The fourth-order valence-electron chi connectivity index (χ4n) is 2.60. The molecule has 2 fully saturated rings. The SMILES string of the molecule is CC(C)(C)c1csc(C2(NC3CC3)CCCSC2)n1. The van der Waals surface area contributed by atoms with Crippen molar-refractivity contribution in [3.63, 3.8) is 0 Å².